The normalized spacial score (nSPS) is 20.1. The molecule has 0 spiro atoms. The van der Waals surface area contributed by atoms with Gasteiger partial charge in [-0.1, -0.05) is 85.0 Å². The highest BCUT2D eigenvalue weighted by Crippen LogP contribution is 2.43. The first kappa shape index (κ1) is 16.3. The molecule has 0 saturated heterocycles. The number of benzene rings is 3. The predicted octanol–water partition coefficient (Wildman–Crippen LogP) is 3.79. The van der Waals surface area contributed by atoms with Crippen LogP contribution in [-0.2, 0) is 0 Å². The maximum absolute atomic E-state index is 9.40. The molecule has 0 bridgehead atoms. The molecular formula is C24H19BO2. The molecule has 2 aliphatic carbocycles. The first-order valence-electron chi connectivity index (χ1n) is 9.27. The Bertz CT molecular complexity index is 1120. The summed E-state index contributed by atoms with van der Waals surface area (Å²) in [4.78, 5) is 0. The van der Waals surface area contributed by atoms with E-state index in [4.69, 9.17) is 0 Å². The van der Waals surface area contributed by atoms with Gasteiger partial charge in [0.1, 0.15) is 0 Å². The summed E-state index contributed by atoms with van der Waals surface area (Å²) >= 11 is 0. The third-order valence-electron chi connectivity index (χ3n) is 5.62. The third kappa shape index (κ3) is 2.76. The molecule has 130 valence electrons. The first-order chi connectivity index (χ1) is 13.2. The average molecular weight is 350 g/mol. The zero-order valence-corrected chi connectivity index (χ0v) is 14.8. The highest BCUT2D eigenvalue weighted by Gasteiger charge is 2.27. The van der Waals surface area contributed by atoms with E-state index in [0.717, 1.165) is 10.8 Å². The molecule has 3 aromatic rings. The van der Waals surface area contributed by atoms with E-state index in [2.05, 4.69) is 72.8 Å². The van der Waals surface area contributed by atoms with E-state index in [0.29, 0.717) is 17.3 Å². The predicted molar refractivity (Wildman–Crippen MR) is 112 cm³/mol. The van der Waals surface area contributed by atoms with Gasteiger partial charge in [-0.2, -0.15) is 0 Å². The van der Waals surface area contributed by atoms with Crippen LogP contribution in [0.5, 0.6) is 0 Å². The molecule has 0 fully saturated rings. The third-order valence-corrected chi connectivity index (χ3v) is 5.62. The Hall–Kier alpha value is -2.88. The van der Waals surface area contributed by atoms with E-state index in [1.807, 2.05) is 12.1 Å². The van der Waals surface area contributed by atoms with Crippen molar-refractivity contribution in [3.8, 4) is 0 Å². The van der Waals surface area contributed by atoms with Crippen molar-refractivity contribution in [2.24, 2.45) is 5.92 Å². The second kappa shape index (κ2) is 6.38. The standard InChI is InChI=1S/C24H19BO2/c26-25(27)20-12-11-16-13-19(10-9-17(16)14-20)24-15-18-5-1-2-6-21(18)22-7-3-4-8-23(22)24/h1-15,18,21,26-27H. The molecule has 3 heteroatoms. The van der Waals surface area contributed by atoms with E-state index >= 15 is 0 Å². The topological polar surface area (TPSA) is 40.5 Å². The Morgan fingerprint density at radius 1 is 0.778 bits per heavy atom. The Morgan fingerprint density at radius 2 is 1.56 bits per heavy atom. The van der Waals surface area contributed by atoms with Crippen LogP contribution in [0.4, 0.5) is 0 Å². The average Bonchev–Trinajstić information content (AvgIpc) is 2.72. The highest BCUT2D eigenvalue weighted by molar-refractivity contribution is 6.58. The fraction of sp³-hybridized carbons (Fsp3) is 0.0833. The zero-order chi connectivity index (χ0) is 18.4. The summed E-state index contributed by atoms with van der Waals surface area (Å²) in [5.74, 6) is 0.784. The van der Waals surface area contributed by atoms with E-state index < -0.39 is 7.12 Å². The maximum atomic E-state index is 9.40. The number of hydrogen-bond donors (Lipinski definition) is 2. The smallest absolute Gasteiger partial charge is 0.423 e. The molecule has 2 N–H and O–H groups in total. The van der Waals surface area contributed by atoms with Crippen LogP contribution in [-0.4, -0.2) is 17.2 Å². The summed E-state index contributed by atoms with van der Waals surface area (Å²) in [7, 11) is -1.44. The van der Waals surface area contributed by atoms with Gasteiger partial charge in [0.2, 0.25) is 0 Å². The molecule has 0 amide bonds. The van der Waals surface area contributed by atoms with E-state index in [1.165, 1.54) is 22.3 Å². The molecule has 27 heavy (non-hydrogen) atoms. The van der Waals surface area contributed by atoms with Gasteiger partial charge in [0.15, 0.2) is 0 Å². The van der Waals surface area contributed by atoms with Crippen LogP contribution in [0.3, 0.4) is 0 Å². The van der Waals surface area contributed by atoms with E-state index in [-0.39, 0.29) is 0 Å². The fourth-order valence-corrected chi connectivity index (χ4v) is 4.25. The van der Waals surface area contributed by atoms with Crippen LogP contribution in [0.2, 0.25) is 0 Å². The monoisotopic (exact) mass is 350 g/mol. The van der Waals surface area contributed by atoms with Crippen LogP contribution < -0.4 is 5.46 Å². The Labute approximate surface area is 158 Å². The Kier molecular flexibility index (Phi) is 3.85. The molecule has 3 aromatic carbocycles. The number of hydrogen-bond acceptors (Lipinski definition) is 2. The van der Waals surface area contributed by atoms with E-state index in [9.17, 15) is 10.0 Å². The summed E-state index contributed by atoms with van der Waals surface area (Å²) in [5.41, 5.74) is 5.63. The van der Waals surface area contributed by atoms with Crippen molar-refractivity contribution in [3.05, 3.63) is 108 Å². The lowest BCUT2D eigenvalue weighted by Crippen LogP contribution is -2.29. The Morgan fingerprint density at radius 3 is 2.44 bits per heavy atom. The van der Waals surface area contributed by atoms with Crippen molar-refractivity contribution in [3.63, 3.8) is 0 Å². The van der Waals surface area contributed by atoms with Gasteiger partial charge in [0, 0.05) is 11.8 Å². The van der Waals surface area contributed by atoms with Gasteiger partial charge in [-0.05, 0) is 44.6 Å². The van der Waals surface area contributed by atoms with Crippen molar-refractivity contribution in [1.82, 2.24) is 0 Å². The second-order valence-electron chi connectivity index (χ2n) is 7.24. The summed E-state index contributed by atoms with van der Waals surface area (Å²) < 4.78 is 0. The van der Waals surface area contributed by atoms with Crippen LogP contribution >= 0.6 is 0 Å². The van der Waals surface area contributed by atoms with Crippen LogP contribution in [0, 0.1) is 5.92 Å². The van der Waals surface area contributed by atoms with Gasteiger partial charge in [-0.3, -0.25) is 0 Å². The summed E-state index contributed by atoms with van der Waals surface area (Å²) in [6.07, 6.45) is 11.2. The van der Waals surface area contributed by atoms with Gasteiger partial charge in [0.25, 0.3) is 0 Å². The fourth-order valence-electron chi connectivity index (χ4n) is 4.25. The molecule has 0 aromatic heterocycles. The molecule has 2 nitrogen and oxygen atoms in total. The molecule has 0 aliphatic heterocycles. The van der Waals surface area contributed by atoms with Crippen molar-refractivity contribution in [1.29, 1.82) is 0 Å². The van der Waals surface area contributed by atoms with Gasteiger partial charge >= 0.3 is 7.12 Å². The summed E-state index contributed by atoms with van der Waals surface area (Å²) in [6, 6.07) is 20.6. The minimum Gasteiger partial charge on any atom is -0.423 e. The largest absolute Gasteiger partial charge is 0.488 e. The molecule has 2 atom stereocenters. The molecular weight excluding hydrogens is 331 g/mol. The van der Waals surface area contributed by atoms with Crippen molar-refractivity contribution >= 4 is 28.9 Å². The number of fused-ring (bicyclic) bond motifs is 4. The quantitative estimate of drug-likeness (QED) is 0.691. The first-order valence-corrected chi connectivity index (χ1v) is 9.27. The number of allylic oxidation sites excluding steroid dienone is 5. The van der Waals surface area contributed by atoms with Gasteiger partial charge < -0.3 is 10.0 Å². The second-order valence-corrected chi connectivity index (χ2v) is 7.24. The van der Waals surface area contributed by atoms with Gasteiger partial charge in [-0.25, -0.2) is 0 Å². The molecule has 5 rings (SSSR count). The molecule has 0 radical (unpaired) electrons. The minimum absolute atomic E-state index is 0.377. The van der Waals surface area contributed by atoms with E-state index in [1.54, 1.807) is 6.07 Å². The maximum Gasteiger partial charge on any atom is 0.488 e. The molecule has 0 saturated carbocycles. The van der Waals surface area contributed by atoms with Gasteiger partial charge in [-0.15, -0.1) is 0 Å². The summed E-state index contributed by atoms with van der Waals surface area (Å²) in [5, 5.41) is 20.9. The number of rotatable bonds is 2. The van der Waals surface area contributed by atoms with Crippen LogP contribution in [0.25, 0.3) is 16.3 Å². The van der Waals surface area contributed by atoms with Crippen LogP contribution in [0.15, 0.2) is 91.0 Å². The minimum atomic E-state index is -1.44. The zero-order valence-electron chi connectivity index (χ0n) is 14.8. The lowest BCUT2D eigenvalue weighted by Gasteiger charge is -2.31. The van der Waals surface area contributed by atoms with Crippen molar-refractivity contribution < 1.29 is 10.0 Å². The van der Waals surface area contributed by atoms with Crippen LogP contribution in [0.1, 0.15) is 22.6 Å². The Balaban J connectivity index is 1.65. The summed E-state index contributed by atoms with van der Waals surface area (Å²) in [6.45, 7) is 0. The molecule has 2 aliphatic rings. The lowest BCUT2D eigenvalue weighted by atomic mass is 9.73. The molecule has 2 unspecified atom stereocenters. The lowest BCUT2D eigenvalue weighted by molar-refractivity contribution is 0.426. The SMILES string of the molecule is OB(O)c1ccc2cc(C3=CC4C=CC=CC4c4ccccc43)ccc2c1. The van der Waals surface area contributed by atoms with Crippen molar-refractivity contribution in [2.45, 2.75) is 5.92 Å². The molecule has 0 heterocycles. The van der Waals surface area contributed by atoms with Gasteiger partial charge in [0.05, 0.1) is 0 Å². The highest BCUT2D eigenvalue weighted by atomic mass is 16.4. The van der Waals surface area contributed by atoms with Crippen molar-refractivity contribution in [2.75, 3.05) is 0 Å².